The molecule has 0 fully saturated rings. The van der Waals surface area contributed by atoms with Crippen molar-refractivity contribution < 1.29 is 9.53 Å². The van der Waals surface area contributed by atoms with Crippen molar-refractivity contribution in [2.24, 2.45) is 0 Å². The van der Waals surface area contributed by atoms with Crippen LogP contribution in [-0.4, -0.2) is 22.1 Å². The highest BCUT2D eigenvalue weighted by molar-refractivity contribution is 7.15. The minimum absolute atomic E-state index is 0.228. The molecule has 118 valence electrons. The minimum atomic E-state index is -0.228. The van der Waals surface area contributed by atoms with Crippen molar-refractivity contribution in [2.45, 2.75) is 20.3 Å². The number of esters is 1. The topological polar surface area (TPSA) is 44.1 Å². The maximum Gasteiger partial charge on any atom is 0.311 e. The molecule has 0 saturated carbocycles. The predicted octanol–water partition coefficient (Wildman–Crippen LogP) is 4.01. The lowest BCUT2D eigenvalue weighted by molar-refractivity contribution is -0.142. The summed E-state index contributed by atoms with van der Waals surface area (Å²) in [6, 6.07) is 12.2. The largest absolute Gasteiger partial charge is 0.466 e. The van der Waals surface area contributed by atoms with Gasteiger partial charge in [0.25, 0.3) is 0 Å². The molecule has 0 bridgehead atoms. The molecule has 1 aromatic carbocycles. The number of carbonyl (C=O) groups is 1. The number of ether oxygens (including phenoxy) is 1. The van der Waals surface area contributed by atoms with E-state index in [2.05, 4.69) is 21.7 Å². The number of nitrogens with zero attached hydrogens (tertiary/aromatic N) is 2. The van der Waals surface area contributed by atoms with Gasteiger partial charge in [0.05, 0.1) is 18.7 Å². The predicted molar refractivity (Wildman–Crippen MR) is 92.0 cm³/mol. The highest BCUT2D eigenvalue weighted by atomic mass is 32.1. The molecular formula is C18H18N2O2S. The Morgan fingerprint density at radius 3 is 2.78 bits per heavy atom. The summed E-state index contributed by atoms with van der Waals surface area (Å²) in [5.74, 6) is -0.228. The summed E-state index contributed by atoms with van der Waals surface area (Å²) >= 11 is 1.61. The number of hydrogen-bond acceptors (Lipinski definition) is 4. The second-order valence-electron chi connectivity index (χ2n) is 5.14. The first kappa shape index (κ1) is 15.5. The lowest BCUT2D eigenvalue weighted by atomic mass is 10.2. The third-order valence-electron chi connectivity index (χ3n) is 3.51. The molecule has 0 aliphatic heterocycles. The van der Waals surface area contributed by atoms with Crippen LogP contribution in [0.3, 0.4) is 0 Å². The van der Waals surface area contributed by atoms with Gasteiger partial charge in [-0.1, -0.05) is 12.1 Å². The highest BCUT2D eigenvalue weighted by Crippen LogP contribution is 2.29. The first-order valence-electron chi connectivity index (χ1n) is 7.53. The van der Waals surface area contributed by atoms with E-state index >= 15 is 0 Å². The number of rotatable bonds is 5. The summed E-state index contributed by atoms with van der Waals surface area (Å²) < 4.78 is 7.07. The van der Waals surface area contributed by atoms with Crippen molar-refractivity contribution in [2.75, 3.05) is 6.61 Å². The second-order valence-corrected chi connectivity index (χ2v) is 6.35. The molecule has 0 aliphatic carbocycles. The summed E-state index contributed by atoms with van der Waals surface area (Å²) in [6.07, 6.45) is 4.25. The Balaban J connectivity index is 1.88. The van der Waals surface area contributed by atoms with Crippen molar-refractivity contribution >= 4 is 17.3 Å². The molecule has 0 atom stereocenters. The van der Waals surface area contributed by atoms with Crippen LogP contribution in [0, 0.1) is 6.92 Å². The van der Waals surface area contributed by atoms with Crippen LogP contribution in [0.25, 0.3) is 16.3 Å². The lowest BCUT2D eigenvalue weighted by Crippen LogP contribution is -2.08. The molecule has 3 rings (SSSR count). The van der Waals surface area contributed by atoms with Gasteiger partial charge in [-0.25, -0.2) is 4.98 Å². The Labute approximate surface area is 139 Å². The highest BCUT2D eigenvalue weighted by Gasteiger charge is 2.14. The average Bonchev–Trinajstić information content (AvgIpc) is 3.19. The van der Waals surface area contributed by atoms with E-state index in [1.807, 2.05) is 50.5 Å². The van der Waals surface area contributed by atoms with Crippen molar-refractivity contribution in [3.05, 3.63) is 59.4 Å². The van der Waals surface area contributed by atoms with E-state index in [0.29, 0.717) is 6.61 Å². The number of thiazole rings is 1. The molecule has 0 N–H and O–H groups in total. The zero-order valence-electron chi connectivity index (χ0n) is 13.2. The van der Waals surface area contributed by atoms with Crippen LogP contribution in [0.5, 0.6) is 0 Å². The fraction of sp³-hybridized carbons (Fsp3) is 0.222. The van der Waals surface area contributed by atoms with Crippen LogP contribution >= 0.6 is 11.3 Å². The molecule has 0 aliphatic rings. The van der Waals surface area contributed by atoms with Gasteiger partial charge in [0.15, 0.2) is 0 Å². The Kier molecular flexibility index (Phi) is 4.57. The number of benzene rings is 1. The molecule has 0 spiro atoms. The lowest BCUT2D eigenvalue weighted by Gasteiger charge is -2.04. The fourth-order valence-electron chi connectivity index (χ4n) is 2.37. The first-order valence-corrected chi connectivity index (χ1v) is 8.34. The van der Waals surface area contributed by atoms with E-state index in [9.17, 15) is 4.79 Å². The Morgan fingerprint density at radius 1 is 1.26 bits per heavy atom. The first-order chi connectivity index (χ1) is 11.2. The fourth-order valence-corrected chi connectivity index (χ4v) is 3.30. The van der Waals surface area contributed by atoms with Gasteiger partial charge in [0.1, 0.15) is 5.01 Å². The van der Waals surface area contributed by atoms with Crippen LogP contribution < -0.4 is 0 Å². The molecule has 2 heterocycles. The number of aromatic nitrogens is 2. The van der Waals surface area contributed by atoms with Crippen LogP contribution in [-0.2, 0) is 16.0 Å². The molecule has 2 aromatic heterocycles. The summed E-state index contributed by atoms with van der Waals surface area (Å²) in [6.45, 7) is 4.20. The van der Waals surface area contributed by atoms with Gasteiger partial charge in [-0.3, -0.25) is 4.79 Å². The van der Waals surface area contributed by atoms with E-state index < -0.39 is 0 Å². The number of carbonyl (C=O) groups excluding carboxylic acids is 1. The van der Waals surface area contributed by atoms with Crippen molar-refractivity contribution in [1.29, 1.82) is 0 Å². The van der Waals surface area contributed by atoms with E-state index in [1.54, 1.807) is 11.3 Å². The van der Waals surface area contributed by atoms with Gasteiger partial charge in [-0.15, -0.1) is 11.3 Å². The summed E-state index contributed by atoms with van der Waals surface area (Å²) in [5, 5.41) is 0.927. The Hall–Kier alpha value is -2.40. The van der Waals surface area contributed by atoms with Gasteiger partial charge in [0.2, 0.25) is 0 Å². The summed E-state index contributed by atoms with van der Waals surface area (Å²) in [7, 11) is 0. The molecule has 23 heavy (non-hydrogen) atoms. The van der Waals surface area contributed by atoms with Gasteiger partial charge >= 0.3 is 5.97 Å². The third kappa shape index (κ3) is 3.51. The van der Waals surface area contributed by atoms with E-state index in [0.717, 1.165) is 26.8 Å². The smallest absolute Gasteiger partial charge is 0.311 e. The number of aryl methyl sites for hydroxylation is 1. The Morgan fingerprint density at radius 2 is 2.04 bits per heavy atom. The maximum absolute atomic E-state index is 11.7. The van der Waals surface area contributed by atoms with Crippen LogP contribution in [0.1, 0.15) is 17.5 Å². The standard InChI is InChI=1S/C18H18N2O2S/c1-3-22-17(21)12-16-13(2)23-18(19-16)14-7-6-8-15(11-14)20-9-4-5-10-20/h4-11H,3,12H2,1-2H3. The van der Waals surface area contributed by atoms with Gasteiger partial charge in [0, 0.05) is 28.5 Å². The third-order valence-corrected chi connectivity index (χ3v) is 4.57. The maximum atomic E-state index is 11.7. The molecular weight excluding hydrogens is 308 g/mol. The van der Waals surface area contributed by atoms with Crippen LogP contribution in [0.15, 0.2) is 48.8 Å². The molecule has 4 nitrogen and oxygen atoms in total. The summed E-state index contributed by atoms with van der Waals surface area (Å²) in [5.41, 5.74) is 2.95. The van der Waals surface area contributed by atoms with E-state index in [-0.39, 0.29) is 12.4 Å². The zero-order chi connectivity index (χ0) is 16.2. The molecule has 0 saturated heterocycles. The van der Waals surface area contributed by atoms with Crippen molar-refractivity contribution in [3.63, 3.8) is 0 Å². The molecule has 0 unspecified atom stereocenters. The monoisotopic (exact) mass is 326 g/mol. The van der Waals surface area contributed by atoms with Crippen molar-refractivity contribution in [3.8, 4) is 16.3 Å². The van der Waals surface area contributed by atoms with Crippen LogP contribution in [0.2, 0.25) is 0 Å². The molecule has 5 heteroatoms. The molecule has 0 radical (unpaired) electrons. The molecule has 0 amide bonds. The van der Waals surface area contributed by atoms with Crippen LogP contribution in [0.4, 0.5) is 0 Å². The number of hydrogen-bond donors (Lipinski definition) is 0. The second kappa shape index (κ2) is 6.79. The van der Waals surface area contributed by atoms with E-state index in [1.165, 1.54) is 0 Å². The summed E-state index contributed by atoms with van der Waals surface area (Å²) in [4.78, 5) is 17.3. The normalized spacial score (nSPS) is 10.7. The quantitative estimate of drug-likeness (QED) is 0.665. The van der Waals surface area contributed by atoms with E-state index in [4.69, 9.17) is 4.74 Å². The SMILES string of the molecule is CCOC(=O)Cc1nc(-c2cccc(-n3cccc3)c2)sc1C. The Bertz CT molecular complexity index is 806. The molecule has 3 aromatic rings. The average molecular weight is 326 g/mol. The van der Waals surface area contributed by atoms with Gasteiger partial charge < -0.3 is 9.30 Å². The van der Waals surface area contributed by atoms with Gasteiger partial charge in [-0.05, 0) is 38.1 Å². The van der Waals surface area contributed by atoms with Crippen molar-refractivity contribution in [1.82, 2.24) is 9.55 Å². The van der Waals surface area contributed by atoms with Gasteiger partial charge in [-0.2, -0.15) is 0 Å². The minimum Gasteiger partial charge on any atom is -0.466 e. The zero-order valence-corrected chi connectivity index (χ0v) is 14.0.